The average Bonchev–Trinajstić information content (AvgIpc) is 2.63. The Balaban J connectivity index is 2.12. The van der Waals surface area contributed by atoms with Crippen molar-refractivity contribution in [1.29, 1.82) is 0 Å². The van der Waals surface area contributed by atoms with E-state index in [1.165, 1.54) is 0 Å². The quantitative estimate of drug-likeness (QED) is 0.731. The molecule has 2 rings (SSSR count). The van der Waals surface area contributed by atoms with Crippen LogP contribution in [0.4, 0.5) is 5.69 Å². The molecule has 5 nitrogen and oxygen atoms in total. The number of amides is 2. The van der Waals surface area contributed by atoms with E-state index in [4.69, 9.17) is 0 Å². The van der Waals surface area contributed by atoms with Gasteiger partial charge < -0.3 is 9.80 Å². The zero-order valence-electron chi connectivity index (χ0n) is 16.2. The van der Waals surface area contributed by atoms with Crippen molar-refractivity contribution in [3.63, 3.8) is 0 Å². The summed E-state index contributed by atoms with van der Waals surface area (Å²) in [6.07, 6.45) is 0. The van der Waals surface area contributed by atoms with Crippen LogP contribution in [0.25, 0.3) is 10.8 Å². The second kappa shape index (κ2) is 9.34. The normalized spacial score (nSPS) is 11.0. The van der Waals surface area contributed by atoms with Gasteiger partial charge in [-0.2, -0.15) is 0 Å². The van der Waals surface area contributed by atoms with E-state index in [-0.39, 0.29) is 24.9 Å². The molecule has 0 aliphatic heterocycles. The highest BCUT2D eigenvalue weighted by Gasteiger charge is 2.20. The van der Waals surface area contributed by atoms with Crippen molar-refractivity contribution < 1.29 is 9.59 Å². The molecule has 0 aliphatic carbocycles. The van der Waals surface area contributed by atoms with Gasteiger partial charge in [-0.15, -0.1) is 0 Å². The lowest BCUT2D eigenvalue weighted by molar-refractivity contribution is -0.132. The van der Waals surface area contributed by atoms with Gasteiger partial charge in [0.05, 0.1) is 18.8 Å². The van der Waals surface area contributed by atoms with Gasteiger partial charge in [-0.1, -0.05) is 36.4 Å². The summed E-state index contributed by atoms with van der Waals surface area (Å²) in [6, 6.07) is 14.1. The Kier molecular flexibility index (Phi) is 7.16. The summed E-state index contributed by atoms with van der Waals surface area (Å²) >= 11 is 0. The summed E-state index contributed by atoms with van der Waals surface area (Å²) in [4.78, 5) is 30.5. The van der Waals surface area contributed by atoms with Crippen LogP contribution in [0.2, 0.25) is 0 Å². The number of carbonyl (C=O) groups excluding carboxylic acids is 2. The van der Waals surface area contributed by atoms with E-state index in [1.807, 2.05) is 70.3 Å². The first-order chi connectivity index (χ1) is 12.5. The van der Waals surface area contributed by atoms with Crippen molar-refractivity contribution >= 4 is 28.3 Å². The molecule has 0 spiro atoms. The summed E-state index contributed by atoms with van der Waals surface area (Å²) in [6.45, 7) is 8.33. The molecule has 0 bridgehead atoms. The number of benzene rings is 2. The lowest BCUT2D eigenvalue weighted by Crippen LogP contribution is -2.44. The van der Waals surface area contributed by atoms with Gasteiger partial charge in [0.1, 0.15) is 0 Å². The number of anilines is 1. The van der Waals surface area contributed by atoms with Gasteiger partial charge in [-0.25, -0.2) is 0 Å². The molecule has 5 heteroatoms. The fraction of sp³-hybridized carbons (Fsp3) is 0.429. The molecule has 0 saturated carbocycles. The van der Waals surface area contributed by atoms with Crippen LogP contribution in [0.15, 0.2) is 42.5 Å². The molecule has 140 valence electrons. The van der Waals surface area contributed by atoms with E-state index >= 15 is 0 Å². The third-order valence-corrected chi connectivity index (χ3v) is 4.60. The number of rotatable bonds is 8. The van der Waals surface area contributed by atoms with Gasteiger partial charge in [0, 0.05) is 25.0 Å². The Morgan fingerprint density at radius 2 is 1.42 bits per heavy atom. The van der Waals surface area contributed by atoms with Crippen molar-refractivity contribution in [2.45, 2.75) is 20.8 Å². The van der Waals surface area contributed by atoms with Crippen LogP contribution in [0.1, 0.15) is 20.8 Å². The summed E-state index contributed by atoms with van der Waals surface area (Å²) in [5, 5.41) is 2.17. The first-order valence-electron chi connectivity index (χ1n) is 9.26. The number of carbonyl (C=O) groups is 2. The van der Waals surface area contributed by atoms with Crippen LogP contribution in [0.3, 0.4) is 0 Å². The molecule has 0 aromatic heterocycles. The fourth-order valence-electron chi connectivity index (χ4n) is 3.20. The summed E-state index contributed by atoms with van der Waals surface area (Å²) in [5.41, 5.74) is 0.916. The molecule has 0 atom stereocenters. The van der Waals surface area contributed by atoms with Crippen molar-refractivity contribution in [3.05, 3.63) is 42.5 Å². The van der Waals surface area contributed by atoms with E-state index in [1.54, 1.807) is 14.7 Å². The first-order valence-corrected chi connectivity index (χ1v) is 9.26. The Hall–Kier alpha value is -2.40. The maximum atomic E-state index is 12.9. The molecule has 0 radical (unpaired) electrons. The summed E-state index contributed by atoms with van der Waals surface area (Å²) in [7, 11) is 1.82. The molecule has 0 heterocycles. The van der Waals surface area contributed by atoms with Crippen LogP contribution in [0, 0.1) is 0 Å². The largest absolute Gasteiger partial charge is 0.342 e. The van der Waals surface area contributed by atoms with Crippen molar-refractivity contribution in [3.8, 4) is 0 Å². The molecule has 2 aromatic carbocycles. The maximum absolute atomic E-state index is 12.9. The van der Waals surface area contributed by atoms with Gasteiger partial charge in [-0.05, 0) is 39.3 Å². The van der Waals surface area contributed by atoms with E-state index < -0.39 is 0 Å². The Labute approximate surface area is 156 Å². The van der Waals surface area contributed by atoms with Crippen molar-refractivity contribution in [2.24, 2.45) is 0 Å². The Morgan fingerprint density at radius 1 is 0.808 bits per heavy atom. The van der Waals surface area contributed by atoms with Gasteiger partial charge in [-0.3, -0.25) is 14.5 Å². The molecule has 0 aliphatic rings. The average molecular weight is 355 g/mol. The molecule has 2 aromatic rings. The van der Waals surface area contributed by atoms with E-state index in [2.05, 4.69) is 0 Å². The van der Waals surface area contributed by atoms with E-state index in [0.29, 0.717) is 19.6 Å². The second-order valence-corrected chi connectivity index (χ2v) is 6.37. The predicted molar refractivity (Wildman–Crippen MR) is 107 cm³/mol. The Bertz CT molecular complexity index is 751. The number of hydrogen-bond donors (Lipinski definition) is 0. The molecule has 0 N–H and O–H groups in total. The van der Waals surface area contributed by atoms with Crippen LogP contribution in [-0.2, 0) is 9.59 Å². The molecule has 0 saturated heterocycles. The number of likely N-dealkylation sites (N-methyl/N-ethyl adjacent to an activating group) is 3. The summed E-state index contributed by atoms with van der Waals surface area (Å²) in [5.74, 6) is 0.0530. The summed E-state index contributed by atoms with van der Waals surface area (Å²) < 4.78 is 0. The number of hydrogen-bond acceptors (Lipinski definition) is 3. The van der Waals surface area contributed by atoms with E-state index in [0.717, 1.165) is 16.5 Å². The monoisotopic (exact) mass is 355 g/mol. The number of nitrogens with zero attached hydrogens (tertiary/aromatic N) is 3. The van der Waals surface area contributed by atoms with Crippen molar-refractivity contribution in [2.75, 3.05) is 44.7 Å². The number of fused-ring (bicyclic) bond motifs is 1. The van der Waals surface area contributed by atoms with Crippen LogP contribution >= 0.6 is 0 Å². The minimum atomic E-state index is -0.00120. The predicted octanol–water partition coefficient (Wildman–Crippen LogP) is 2.99. The Morgan fingerprint density at radius 3 is 2.08 bits per heavy atom. The molecule has 0 fully saturated rings. The molecule has 2 amide bonds. The highest BCUT2D eigenvalue weighted by atomic mass is 16.2. The molecule has 0 unspecified atom stereocenters. The SMILES string of the molecule is CCN(CC)C(=O)CN(C)CC(=O)N(CC)c1cccc2ccccc12. The molecular formula is C21H29N3O2. The lowest BCUT2D eigenvalue weighted by atomic mass is 10.1. The first kappa shape index (κ1) is 19.9. The smallest absolute Gasteiger partial charge is 0.241 e. The highest BCUT2D eigenvalue weighted by molar-refractivity contribution is 6.04. The fourth-order valence-corrected chi connectivity index (χ4v) is 3.20. The van der Waals surface area contributed by atoms with Crippen LogP contribution < -0.4 is 4.90 Å². The van der Waals surface area contributed by atoms with Crippen LogP contribution in [-0.4, -0.2) is 61.4 Å². The van der Waals surface area contributed by atoms with Crippen molar-refractivity contribution in [1.82, 2.24) is 9.80 Å². The molecule has 26 heavy (non-hydrogen) atoms. The molecular weight excluding hydrogens is 326 g/mol. The lowest BCUT2D eigenvalue weighted by Gasteiger charge is -2.27. The van der Waals surface area contributed by atoms with Gasteiger partial charge in [0.25, 0.3) is 0 Å². The van der Waals surface area contributed by atoms with Gasteiger partial charge in [0.15, 0.2) is 0 Å². The zero-order chi connectivity index (χ0) is 19.1. The topological polar surface area (TPSA) is 43.9 Å². The van der Waals surface area contributed by atoms with E-state index in [9.17, 15) is 9.59 Å². The van der Waals surface area contributed by atoms with Gasteiger partial charge >= 0.3 is 0 Å². The minimum absolute atomic E-state index is 0.00120. The second-order valence-electron chi connectivity index (χ2n) is 6.37. The highest BCUT2D eigenvalue weighted by Crippen LogP contribution is 2.26. The zero-order valence-corrected chi connectivity index (χ0v) is 16.2. The van der Waals surface area contributed by atoms with Crippen LogP contribution in [0.5, 0.6) is 0 Å². The minimum Gasteiger partial charge on any atom is -0.342 e. The van der Waals surface area contributed by atoms with Gasteiger partial charge in [0.2, 0.25) is 11.8 Å². The third kappa shape index (κ3) is 4.61. The maximum Gasteiger partial charge on any atom is 0.241 e. The third-order valence-electron chi connectivity index (χ3n) is 4.60. The standard InChI is InChI=1S/C21H29N3O2/c1-5-23(6-2)20(25)15-22(4)16-21(26)24(7-3)19-14-10-12-17-11-8-9-13-18(17)19/h8-14H,5-7,15-16H2,1-4H3.